The van der Waals surface area contributed by atoms with E-state index in [0.717, 1.165) is 18.4 Å². The standard InChI is InChI=1S/C15H21NO/c1-11-6-8-12(9-7-11)10-14(16)15(17)13-4-2-3-5-13/h6-9,13-14H,2-5,10,16H2,1H3. The fourth-order valence-electron chi connectivity index (χ4n) is 2.59. The first kappa shape index (κ1) is 12.3. The Kier molecular flexibility index (Phi) is 3.95. The number of nitrogens with two attached hydrogens (primary N) is 1. The number of benzene rings is 1. The van der Waals surface area contributed by atoms with Gasteiger partial charge >= 0.3 is 0 Å². The van der Waals surface area contributed by atoms with E-state index >= 15 is 0 Å². The molecule has 1 fully saturated rings. The molecule has 0 aliphatic heterocycles. The molecular weight excluding hydrogens is 210 g/mol. The lowest BCUT2D eigenvalue weighted by atomic mass is 9.93. The minimum absolute atomic E-state index is 0.232. The number of carbonyl (C=O) groups excluding carboxylic acids is 1. The van der Waals surface area contributed by atoms with E-state index < -0.39 is 0 Å². The van der Waals surface area contributed by atoms with Gasteiger partial charge < -0.3 is 5.73 Å². The van der Waals surface area contributed by atoms with Crippen LogP contribution in [-0.2, 0) is 11.2 Å². The van der Waals surface area contributed by atoms with Gasteiger partial charge in [-0.25, -0.2) is 0 Å². The summed E-state index contributed by atoms with van der Waals surface area (Å²) in [6.07, 6.45) is 5.14. The minimum Gasteiger partial charge on any atom is -0.321 e. The van der Waals surface area contributed by atoms with E-state index in [1.165, 1.54) is 18.4 Å². The topological polar surface area (TPSA) is 43.1 Å². The SMILES string of the molecule is Cc1ccc(CC(N)C(=O)C2CCCC2)cc1. The normalized spacial score (nSPS) is 18.2. The summed E-state index contributed by atoms with van der Waals surface area (Å²) in [4.78, 5) is 12.1. The molecule has 0 spiro atoms. The monoisotopic (exact) mass is 231 g/mol. The highest BCUT2D eigenvalue weighted by Gasteiger charge is 2.26. The van der Waals surface area contributed by atoms with Crippen LogP contribution in [-0.4, -0.2) is 11.8 Å². The average Bonchev–Trinajstić information content (AvgIpc) is 2.84. The lowest BCUT2D eigenvalue weighted by Crippen LogP contribution is -2.36. The van der Waals surface area contributed by atoms with Crippen LogP contribution in [0.3, 0.4) is 0 Å². The van der Waals surface area contributed by atoms with Gasteiger partial charge in [-0.05, 0) is 31.7 Å². The molecule has 0 aromatic heterocycles. The third kappa shape index (κ3) is 3.16. The van der Waals surface area contributed by atoms with E-state index in [9.17, 15) is 4.79 Å². The van der Waals surface area contributed by atoms with Gasteiger partial charge in [-0.15, -0.1) is 0 Å². The zero-order chi connectivity index (χ0) is 12.3. The Morgan fingerprint density at radius 3 is 2.47 bits per heavy atom. The van der Waals surface area contributed by atoms with Crippen LogP contribution in [0.2, 0.25) is 0 Å². The maximum absolute atomic E-state index is 12.1. The number of carbonyl (C=O) groups is 1. The van der Waals surface area contributed by atoms with Gasteiger partial charge in [0.05, 0.1) is 6.04 Å². The molecule has 2 rings (SSSR count). The summed E-state index contributed by atoms with van der Waals surface area (Å²) in [6, 6.07) is 7.96. The third-order valence-electron chi connectivity index (χ3n) is 3.70. The fraction of sp³-hybridized carbons (Fsp3) is 0.533. The number of rotatable bonds is 4. The highest BCUT2D eigenvalue weighted by atomic mass is 16.1. The Morgan fingerprint density at radius 2 is 1.88 bits per heavy atom. The molecule has 2 heteroatoms. The number of hydrogen-bond acceptors (Lipinski definition) is 2. The van der Waals surface area contributed by atoms with E-state index in [1.54, 1.807) is 0 Å². The van der Waals surface area contributed by atoms with Gasteiger partial charge in [0.15, 0.2) is 5.78 Å². The first-order valence-corrected chi connectivity index (χ1v) is 6.51. The van der Waals surface area contributed by atoms with E-state index in [4.69, 9.17) is 5.73 Å². The van der Waals surface area contributed by atoms with E-state index in [0.29, 0.717) is 6.42 Å². The lowest BCUT2D eigenvalue weighted by molar-refractivity contribution is -0.123. The van der Waals surface area contributed by atoms with Gasteiger partial charge in [0.2, 0.25) is 0 Å². The van der Waals surface area contributed by atoms with Gasteiger partial charge in [0.1, 0.15) is 0 Å². The number of ketones is 1. The van der Waals surface area contributed by atoms with E-state index in [1.807, 2.05) is 0 Å². The van der Waals surface area contributed by atoms with Crippen LogP contribution in [0, 0.1) is 12.8 Å². The fourth-order valence-corrected chi connectivity index (χ4v) is 2.59. The molecular formula is C15H21NO. The van der Waals surface area contributed by atoms with Crippen molar-refractivity contribution in [2.75, 3.05) is 0 Å². The lowest BCUT2D eigenvalue weighted by Gasteiger charge is -2.15. The molecule has 1 aliphatic rings. The zero-order valence-corrected chi connectivity index (χ0v) is 10.5. The second-order valence-corrected chi connectivity index (χ2v) is 5.18. The molecule has 0 radical (unpaired) electrons. The Bertz CT molecular complexity index is 376. The molecule has 0 amide bonds. The van der Waals surface area contributed by atoms with Crippen molar-refractivity contribution in [2.24, 2.45) is 11.7 Å². The van der Waals surface area contributed by atoms with Gasteiger partial charge in [0.25, 0.3) is 0 Å². The summed E-state index contributed by atoms with van der Waals surface area (Å²) in [7, 11) is 0. The first-order chi connectivity index (χ1) is 8.16. The van der Waals surface area contributed by atoms with Gasteiger partial charge in [-0.3, -0.25) is 4.79 Å². The largest absolute Gasteiger partial charge is 0.321 e. The molecule has 1 unspecified atom stereocenters. The summed E-state index contributed by atoms with van der Waals surface area (Å²) < 4.78 is 0. The molecule has 17 heavy (non-hydrogen) atoms. The van der Waals surface area contributed by atoms with Gasteiger partial charge in [0, 0.05) is 5.92 Å². The molecule has 92 valence electrons. The van der Waals surface area contributed by atoms with Crippen LogP contribution in [0.25, 0.3) is 0 Å². The molecule has 1 aliphatic carbocycles. The number of aryl methyl sites for hydroxylation is 1. The van der Waals surface area contributed by atoms with Crippen molar-refractivity contribution >= 4 is 5.78 Å². The molecule has 1 aromatic rings. The minimum atomic E-state index is -0.319. The van der Waals surface area contributed by atoms with Crippen molar-refractivity contribution in [3.05, 3.63) is 35.4 Å². The van der Waals surface area contributed by atoms with Crippen molar-refractivity contribution in [1.29, 1.82) is 0 Å². The summed E-state index contributed by atoms with van der Waals surface area (Å²) in [5.74, 6) is 0.499. The summed E-state index contributed by atoms with van der Waals surface area (Å²) >= 11 is 0. The quantitative estimate of drug-likeness (QED) is 0.865. The van der Waals surface area contributed by atoms with Crippen LogP contribution >= 0.6 is 0 Å². The summed E-state index contributed by atoms with van der Waals surface area (Å²) in [6.45, 7) is 2.06. The molecule has 0 saturated heterocycles. The third-order valence-corrected chi connectivity index (χ3v) is 3.70. The van der Waals surface area contributed by atoms with Crippen molar-refractivity contribution in [2.45, 2.75) is 45.1 Å². The predicted molar refractivity (Wildman–Crippen MR) is 69.8 cm³/mol. The molecule has 1 aromatic carbocycles. The molecule has 0 heterocycles. The molecule has 1 atom stereocenters. The van der Waals surface area contributed by atoms with Crippen molar-refractivity contribution < 1.29 is 4.79 Å². The van der Waals surface area contributed by atoms with E-state index in [-0.39, 0.29) is 17.7 Å². The smallest absolute Gasteiger partial charge is 0.152 e. The van der Waals surface area contributed by atoms with Crippen LogP contribution in [0.5, 0.6) is 0 Å². The maximum Gasteiger partial charge on any atom is 0.152 e. The van der Waals surface area contributed by atoms with Crippen LogP contribution < -0.4 is 5.73 Å². The average molecular weight is 231 g/mol. The first-order valence-electron chi connectivity index (χ1n) is 6.51. The number of Topliss-reactive ketones (excluding diaryl/α,β-unsaturated/α-hetero) is 1. The van der Waals surface area contributed by atoms with Crippen LogP contribution in [0.4, 0.5) is 0 Å². The Hall–Kier alpha value is -1.15. The summed E-state index contributed by atoms with van der Waals surface area (Å²) in [5, 5.41) is 0. The van der Waals surface area contributed by atoms with E-state index in [2.05, 4.69) is 31.2 Å². The van der Waals surface area contributed by atoms with Crippen LogP contribution in [0.1, 0.15) is 36.8 Å². The molecule has 0 bridgehead atoms. The Morgan fingerprint density at radius 1 is 1.29 bits per heavy atom. The number of hydrogen-bond donors (Lipinski definition) is 1. The Balaban J connectivity index is 1.93. The highest BCUT2D eigenvalue weighted by molar-refractivity contribution is 5.86. The Labute approximate surface area is 103 Å². The maximum atomic E-state index is 12.1. The van der Waals surface area contributed by atoms with Crippen molar-refractivity contribution in [3.8, 4) is 0 Å². The van der Waals surface area contributed by atoms with Gasteiger partial charge in [-0.2, -0.15) is 0 Å². The molecule has 2 N–H and O–H groups in total. The van der Waals surface area contributed by atoms with Crippen molar-refractivity contribution in [3.63, 3.8) is 0 Å². The van der Waals surface area contributed by atoms with Gasteiger partial charge in [-0.1, -0.05) is 42.7 Å². The summed E-state index contributed by atoms with van der Waals surface area (Å²) in [5.41, 5.74) is 8.42. The zero-order valence-electron chi connectivity index (χ0n) is 10.5. The molecule has 2 nitrogen and oxygen atoms in total. The second kappa shape index (κ2) is 5.46. The van der Waals surface area contributed by atoms with Crippen molar-refractivity contribution in [1.82, 2.24) is 0 Å². The van der Waals surface area contributed by atoms with Crippen LogP contribution in [0.15, 0.2) is 24.3 Å². The molecule has 1 saturated carbocycles. The second-order valence-electron chi connectivity index (χ2n) is 5.18. The predicted octanol–water partition coefficient (Wildman–Crippen LogP) is 2.62. The highest BCUT2D eigenvalue weighted by Crippen LogP contribution is 2.26.